The molecule has 6 heteroatoms. The number of hydrogen-bond acceptors (Lipinski definition) is 4. The van der Waals surface area contributed by atoms with Crippen LogP contribution in [0.4, 0.5) is 0 Å². The second kappa shape index (κ2) is 7.66. The molecular weight excluding hydrogens is 374 g/mol. The molecule has 0 unspecified atom stereocenters. The Kier molecular flexibility index (Phi) is 5.35. The summed E-state index contributed by atoms with van der Waals surface area (Å²) in [5, 5.41) is 7.94. The van der Waals surface area contributed by atoms with Crippen LogP contribution in [-0.4, -0.2) is 27.5 Å². The molecule has 4 nitrogen and oxygen atoms in total. The third-order valence-corrected chi connectivity index (χ3v) is 4.67. The number of nitrogens with zero attached hydrogens (tertiary/aromatic N) is 2. The van der Waals surface area contributed by atoms with E-state index in [1.165, 1.54) is 5.56 Å². The summed E-state index contributed by atoms with van der Waals surface area (Å²) in [7, 11) is 0. The monoisotopic (exact) mass is 389 g/mol. The molecule has 1 aromatic heterocycles. The molecule has 0 aliphatic heterocycles. The Labute approximate surface area is 147 Å². The van der Waals surface area contributed by atoms with Crippen molar-refractivity contribution in [1.82, 2.24) is 15.2 Å². The van der Waals surface area contributed by atoms with E-state index in [-0.39, 0.29) is 0 Å². The average Bonchev–Trinajstić information content (AvgIpc) is 3.01. The Balaban J connectivity index is 1.53. The van der Waals surface area contributed by atoms with E-state index < -0.39 is 0 Å². The Hall–Kier alpha value is -1.79. The number of H-pyrrole nitrogens is 1. The van der Waals surface area contributed by atoms with Crippen LogP contribution in [0.15, 0.2) is 58.2 Å². The van der Waals surface area contributed by atoms with Crippen molar-refractivity contribution in [1.29, 1.82) is 0 Å². The fraction of sp³-hybridized carbons (Fsp3) is 0.176. The van der Waals surface area contributed by atoms with Gasteiger partial charge in [-0.2, -0.15) is 0 Å². The predicted molar refractivity (Wildman–Crippen MR) is 96.9 cm³/mol. The quantitative estimate of drug-likeness (QED) is 0.489. The Morgan fingerprint density at radius 3 is 2.87 bits per heavy atom. The van der Waals surface area contributed by atoms with E-state index in [0.29, 0.717) is 6.61 Å². The summed E-state index contributed by atoms with van der Waals surface area (Å²) in [6.45, 7) is 2.67. The molecule has 1 heterocycles. The van der Waals surface area contributed by atoms with Gasteiger partial charge in [0, 0.05) is 15.8 Å². The van der Waals surface area contributed by atoms with Crippen molar-refractivity contribution >= 4 is 27.7 Å². The number of benzene rings is 2. The number of aryl methyl sites for hydroxylation is 1. The number of rotatable bonds is 6. The summed E-state index contributed by atoms with van der Waals surface area (Å²) in [6.07, 6.45) is 0. The molecule has 1 N–H and O–H groups in total. The molecule has 0 aliphatic carbocycles. The lowest BCUT2D eigenvalue weighted by atomic mass is 10.2. The van der Waals surface area contributed by atoms with Crippen molar-refractivity contribution in [3.63, 3.8) is 0 Å². The van der Waals surface area contributed by atoms with Gasteiger partial charge in [0.05, 0.1) is 6.61 Å². The van der Waals surface area contributed by atoms with Crippen molar-refractivity contribution in [3.8, 4) is 17.1 Å². The van der Waals surface area contributed by atoms with Gasteiger partial charge in [-0.25, -0.2) is 4.98 Å². The minimum atomic E-state index is 0.618. The molecule has 118 valence electrons. The van der Waals surface area contributed by atoms with Gasteiger partial charge in [0.2, 0.25) is 5.16 Å². The van der Waals surface area contributed by atoms with Crippen molar-refractivity contribution in [2.24, 2.45) is 0 Å². The summed E-state index contributed by atoms with van der Waals surface area (Å²) in [5.74, 6) is 2.45. The van der Waals surface area contributed by atoms with E-state index in [1.54, 1.807) is 11.8 Å². The first kappa shape index (κ1) is 16.1. The van der Waals surface area contributed by atoms with Gasteiger partial charge >= 0.3 is 0 Å². The van der Waals surface area contributed by atoms with Crippen LogP contribution >= 0.6 is 27.7 Å². The topological polar surface area (TPSA) is 50.8 Å². The number of aromatic amines is 1. The van der Waals surface area contributed by atoms with Crippen LogP contribution in [0.2, 0.25) is 0 Å². The van der Waals surface area contributed by atoms with Crippen LogP contribution in [0, 0.1) is 6.92 Å². The minimum absolute atomic E-state index is 0.618. The molecule has 0 atom stereocenters. The number of ether oxygens (including phenoxy) is 1. The zero-order valence-electron chi connectivity index (χ0n) is 12.6. The van der Waals surface area contributed by atoms with Gasteiger partial charge in [-0.1, -0.05) is 58.0 Å². The first-order chi connectivity index (χ1) is 11.2. The zero-order valence-corrected chi connectivity index (χ0v) is 15.0. The van der Waals surface area contributed by atoms with E-state index in [2.05, 4.69) is 44.1 Å². The van der Waals surface area contributed by atoms with E-state index in [1.807, 2.05) is 42.5 Å². The first-order valence-corrected chi connectivity index (χ1v) is 9.00. The van der Waals surface area contributed by atoms with Crippen molar-refractivity contribution < 1.29 is 4.74 Å². The second-order valence-electron chi connectivity index (χ2n) is 4.96. The fourth-order valence-electron chi connectivity index (χ4n) is 2.08. The molecule has 0 radical (unpaired) electrons. The van der Waals surface area contributed by atoms with Crippen molar-refractivity contribution in [2.45, 2.75) is 12.1 Å². The SMILES string of the molecule is Cc1cccc(OCCSc2n[nH]c(-c3ccccc3Br)n2)c1. The maximum Gasteiger partial charge on any atom is 0.208 e. The highest BCUT2D eigenvalue weighted by atomic mass is 79.9. The largest absolute Gasteiger partial charge is 0.493 e. The molecule has 0 spiro atoms. The Morgan fingerprint density at radius 1 is 1.17 bits per heavy atom. The van der Waals surface area contributed by atoms with Crippen LogP contribution in [0.1, 0.15) is 5.56 Å². The predicted octanol–water partition coefficient (Wildman–Crippen LogP) is 4.71. The van der Waals surface area contributed by atoms with Crippen molar-refractivity contribution in [2.75, 3.05) is 12.4 Å². The zero-order chi connectivity index (χ0) is 16.1. The molecule has 0 aliphatic rings. The third kappa shape index (κ3) is 4.36. The normalized spacial score (nSPS) is 10.7. The highest BCUT2D eigenvalue weighted by Crippen LogP contribution is 2.26. The summed E-state index contributed by atoms with van der Waals surface area (Å²) >= 11 is 5.09. The van der Waals surface area contributed by atoms with Crippen molar-refractivity contribution in [3.05, 3.63) is 58.6 Å². The van der Waals surface area contributed by atoms with Gasteiger partial charge in [0.15, 0.2) is 5.82 Å². The highest BCUT2D eigenvalue weighted by molar-refractivity contribution is 9.10. The Bertz CT molecular complexity index is 791. The molecule has 0 fully saturated rings. The summed E-state index contributed by atoms with van der Waals surface area (Å²) in [6, 6.07) is 16.0. The molecule has 2 aromatic carbocycles. The van der Waals surface area contributed by atoms with Crippen LogP contribution in [0.3, 0.4) is 0 Å². The maximum absolute atomic E-state index is 5.73. The molecule has 0 saturated heterocycles. The van der Waals surface area contributed by atoms with E-state index >= 15 is 0 Å². The molecule has 3 aromatic rings. The van der Waals surface area contributed by atoms with Gasteiger partial charge < -0.3 is 4.74 Å². The van der Waals surface area contributed by atoms with Gasteiger partial charge in [-0.3, -0.25) is 5.10 Å². The lowest BCUT2D eigenvalue weighted by molar-refractivity contribution is 0.343. The molecule has 0 saturated carbocycles. The molecule has 23 heavy (non-hydrogen) atoms. The van der Waals surface area contributed by atoms with Gasteiger partial charge in [-0.05, 0) is 30.7 Å². The molecule has 0 amide bonds. The Morgan fingerprint density at radius 2 is 2.04 bits per heavy atom. The first-order valence-electron chi connectivity index (χ1n) is 7.22. The van der Waals surface area contributed by atoms with E-state index in [0.717, 1.165) is 32.5 Å². The van der Waals surface area contributed by atoms with Crippen LogP contribution in [-0.2, 0) is 0 Å². The van der Waals surface area contributed by atoms with Gasteiger partial charge in [0.1, 0.15) is 5.75 Å². The number of aromatic nitrogens is 3. The standard InChI is InChI=1S/C17H16BrN3OS/c1-12-5-4-6-13(11-12)22-9-10-23-17-19-16(20-21-17)14-7-2-3-8-15(14)18/h2-8,11H,9-10H2,1H3,(H,19,20,21). The highest BCUT2D eigenvalue weighted by Gasteiger charge is 2.08. The number of nitrogens with one attached hydrogen (secondary N) is 1. The smallest absolute Gasteiger partial charge is 0.208 e. The fourth-order valence-corrected chi connectivity index (χ4v) is 3.17. The minimum Gasteiger partial charge on any atom is -0.493 e. The molecular formula is C17H16BrN3OS. The third-order valence-electron chi connectivity index (χ3n) is 3.17. The number of thioether (sulfide) groups is 1. The summed E-state index contributed by atoms with van der Waals surface area (Å²) in [4.78, 5) is 4.51. The van der Waals surface area contributed by atoms with Gasteiger partial charge in [-0.15, -0.1) is 5.10 Å². The van der Waals surface area contributed by atoms with Crippen LogP contribution < -0.4 is 4.74 Å². The average molecular weight is 390 g/mol. The molecule has 3 rings (SSSR count). The van der Waals surface area contributed by atoms with E-state index in [4.69, 9.17) is 4.74 Å². The van der Waals surface area contributed by atoms with Crippen LogP contribution in [0.25, 0.3) is 11.4 Å². The van der Waals surface area contributed by atoms with E-state index in [9.17, 15) is 0 Å². The molecule has 0 bridgehead atoms. The number of hydrogen-bond donors (Lipinski definition) is 1. The van der Waals surface area contributed by atoms with Gasteiger partial charge in [0.25, 0.3) is 0 Å². The lowest BCUT2D eigenvalue weighted by Crippen LogP contribution is -2.00. The lowest BCUT2D eigenvalue weighted by Gasteiger charge is -2.05. The number of halogens is 1. The summed E-state index contributed by atoms with van der Waals surface area (Å²) < 4.78 is 6.72. The summed E-state index contributed by atoms with van der Waals surface area (Å²) in [5.41, 5.74) is 2.20. The van der Waals surface area contributed by atoms with Crippen LogP contribution in [0.5, 0.6) is 5.75 Å². The maximum atomic E-state index is 5.73. The second-order valence-corrected chi connectivity index (χ2v) is 6.88.